The molecule has 3 rings (SSSR count). The number of nitrogens with one attached hydrogen (secondary N) is 1. The molecule has 0 aliphatic heterocycles. The lowest BCUT2D eigenvalue weighted by molar-refractivity contribution is 0.103. The number of benzene rings is 1. The van der Waals surface area contributed by atoms with Crippen molar-refractivity contribution in [2.45, 2.75) is 0 Å². The summed E-state index contributed by atoms with van der Waals surface area (Å²) in [6, 6.07) is 9.09. The molecule has 0 unspecified atom stereocenters. The van der Waals surface area contributed by atoms with E-state index in [1.54, 1.807) is 36.7 Å². The van der Waals surface area contributed by atoms with Gasteiger partial charge in [-0.1, -0.05) is 0 Å². The second kappa shape index (κ2) is 6.09. The molecule has 1 aromatic carbocycles. The minimum atomic E-state index is -0.315. The lowest BCUT2D eigenvalue weighted by Gasteiger charge is -2.05. The van der Waals surface area contributed by atoms with Crippen LogP contribution in [0.4, 0.5) is 16.0 Å². The number of halogens is 1. The largest absolute Gasteiger partial charge is 0.324 e. The highest BCUT2D eigenvalue weighted by Gasteiger charge is 2.10. The summed E-state index contributed by atoms with van der Waals surface area (Å²) in [7, 11) is 0. The SMILES string of the molecule is O=C(c1ccncc1)c1cnc(Nc2ccc(F)cc2)nc1. The molecule has 108 valence electrons. The standard InChI is InChI=1S/C16H11FN4O/c17-13-1-3-14(4-2-13)21-16-19-9-12(10-20-16)15(22)11-5-7-18-8-6-11/h1-10H,(H,19,20,21). The van der Waals surface area contributed by atoms with E-state index in [2.05, 4.69) is 20.3 Å². The van der Waals surface area contributed by atoms with Gasteiger partial charge < -0.3 is 5.32 Å². The molecule has 3 aromatic rings. The molecule has 2 aromatic heterocycles. The Bertz CT molecular complexity index is 774. The van der Waals surface area contributed by atoms with Gasteiger partial charge in [-0.05, 0) is 36.4 Å². The maximum atomic E-state index is 12.8. The van der Waals surface area contributed by atoms with E-state index in [1.165, 1.54) is 24.5 Å². The fraction of sp³-hybridized carbons (Fsp3) is 0. The summed E-state index contributed by atoms with van der Waals surface area (Å²) in [4.78, 5) is 24.2. The van der Waals surface area contributed by atoms with Gasteiger partial charge in [0.1, 0.15) is 5.82 Å². The summed E-state index contributed by atoms with van der Waals surface area (Å²) in [6.07, 6.45) is 6.00. The molecule has 2 heterocycles. The number of carbonyl (C=O) groups is 1. The summed E-state index contributed by atoms with van der Waals surface area (Å²) in [5, 5.41) is 2.93. The van der Waals surface area contributed by atoms with E-state index in [4.69, 9.17) is 0 Å². The van der Waals surface area contributed by atoms with E-state index in [0.29, 0.717) is 22.8 Å². The number of pyridine rings is 1. The van der Waals surface area contributed by atoms with Gasteiger partial charge in [0.2, 0.25) is 5.95 Å². The number of rotatable bonds is 4. The first-order valence-electron chi connectivity index (χ1n) is 6.52. The average Bonchev–Trinajstić information content (AvgIpc) is 2.58. The highest BCUT2D eigenvalue weighted by molar-refractivity contribution is 6.08. The predicted molar refractivity (Wildman–Crippen MR) is 79.4 cm³/mol. The first-order chi connectivity index (χ1) is 10.7. The molecular formula is C16H11FN4O. The van der Waals surface area contributed by atoms with Crippen LogP contribution in [-0.2, 0) is 0 Å². The molecular weight excluding hydrogens is 283 g/mol. The summed E-state index contributed by atoms with van der Waals surface area (Å²) in [6.45, 7) is 0. The number of hydrogen-bond donors (Lipinski definition) is 1. The first-order valence-corrected chi connectivity index (χ1v) is 6.52. The molecule has 0 spiro atoms. The quantitative estimate of drug-likeness (QED) is 0.749. The highest BCUT2D eigenvalue weighted by atomic mass is 19.1. The van der Waals surface area contributed by atoms with Gasteiger partial charge in [-0.25, -0.2) is 14.4 Å². The highest BCUT2D eigenvalue weighted by Crippen LogP contribution is 2.14. The molecule has 0 atom stereocenters. The minimum Gasteiger partial charge on any atom is -0.324 e. The molecule has 1 N–H and O–H groups in total. The maximum Gasteiger partial charge on any atom is 0.227 e. The maximum absolute atomic E-state index is 12.8. The van der Waals surface area contributed by atoms with Gasteiger partial charge in [0, 0.05) is 36.0 Å². The van der Waals surface area contributed by atoms with Gasteiger partial charge in [0.25, 0.3) is 0 Å². The number of carbonyl (C=O) groups excluding carboxylic acids is 1. The topological polar surface area (TPSA) is 67.8 Å². The third kappa shape index (κ3) is 3.12. The molecule has 0 aliphatic rings. The van der Waals surface area contributed by atoms with Crippen molar-refractivity contribution in [2.75, 3.05) is 5.32 Å². The van der Waals surface area contributed by atoms with Crippen LogP contribution in [0, 0.1) is 5.82 Å². The Hall–Kier alpha value is -3.15. The van der Waals surface area contributed by atoms with Crippen LogP contribution in [0.1, 0.15) is 15.9 Å². The Kier molecular flexibility index (Phi) is 3.82. The molecule has 0 fully saturated rings. The van der Waals surface area contributed by atoms with E-state index < -0.39 is 0 Å². The second-order valence-corrected chi connectivity index (χ2v) is 4.49. The van der Waals surface area contributed by atoms with Crippen molar-refractivity contribution in [3.8, 4) is 0 Å². The van der Waals surface area contributed by atoms with Crippen LogP contribution in [-0.4, -0.2) is 20.7 Å². The first kappa shape index (κ1) is 13.8. The van der Waals surface area contributed by atoms with Crippen LogP contribution in [0.25, 0.3) is 0 Å². The minimum absolute atomic E-state index is 0.171. The van der Waals surface area contributed by atoms with Gasteiger partial charge in [0.05, 0.1) is 5.56 Å². The lowest BCUT2D eigenvalue weighted by atomic mass is 10.1. The van der Waals surface area contributed by atoms with Gasteiger partial charge >= 0.3 is 0 Å². The van der Waals surface area contributed by atoms with Crippen LogP contribution in [0.15, 0.2) is 61.2 Å². The monoisotopic (exact) mass is 294 g/mol. The van der Waals surface area contributed by atoms with Crippen LogP contribution in [0.5, 0.6) is 0 Å². The van der Waals surface area contributed by atoms with Gasteiger partial charge in [-0.3, -0.25) is 9.78 Å². The van der Waals surface area contributed by atoms with Crippen LogP contribution < -0.4 is 5.32 Å². The molecule has 0 amide bonds. The van der Waals surface area contributed by atoms with Crippen LogP contribution in [0.3, 0.4) is 0 Å². The summed E-state index contributed by atoms with van der Waals surface area (Å²) in [5.74, 6) is -0.154. The van der Waals surface area contributed by atoms with Gasteiger partial charge in [-0.2, -0.15) is 0 Å². The van der Waals surface area contributed by atoms with E-state index >= 15 is 0 Å². The molecule has 0 aliphatic carbocycles. The molecule has 0 bridgehead atoms. The van der Waals surface area contributed by atoms with Crippen molar-refractivity contribution < 1.29 is 9.18 Å². The molecule has 0 saturated carbocycles. The Balaban J connectivity index is 1.75. The Labute approximate surface area is 125 Å². The molecule has 22 heavy (non-hydrogen) atoms. The number of aromatic nitrogens is 3. The van der Waals surface area contributed by atoms with Gasteiger partial charge in [-0.15, -0.1) is 0 Å². The lowest BCUT2D eigenvalue weighted by Crippen LogP contribution is -2.04. The number of nitrogens with zero attached hydrogens (tertiary/aromatic N) is 3. The van der Waals surface area contributed by atoms with Crippen molar-refractivity contribution in [3.05, 3.63) is 78.1 Å². The molecule has 0 radical (unpaired) electrons. The zero-order valence-electron chi connectivity index (χ0n) is 11.4. The van der Waals surface area contributed by atoms with Crippen molar-refractivity contribution >= 4 is 17.4 Å². The summed E-state index contributed by atoms with van der Waals surface area (Å²) < 4.78 is 12.8. The Morgan fingerprint density at radius 1 is 0.909 bits per heavy atom. The van der Waals surface area contributed by atoms with Crippen molar-refractivity contribution in [2.24, 2.45) is 0 Å². The van der Waals surface area contributed by atoms with E-state index in [0.717, 1.165) is 0 Å². The number of anilines is 2. The van der Waals surface area contributed by atoms with E-state index in [1.807, 2.05) is 0 Å². The second-order valence-electron chi connectivity index (χ2n) is 4.49. The molecule has 6 heteroatoms. The average molecular weight is 294 g/mol. The van der Waals surface area contributed by atoms with E-state index in [-0.39, 0.29) is 11.6 Å². The number of hydrogen-bond acceptors (Lipinski definition) is 5. The summed E-state index contributed by atoms with van der Waals surface area (Å²) in [5.41, 5.74) is 1.57. The van der Waals surface area contributed by atoms with Crippen molar-refractivity contribution in [3.63, 3.8) is 0 Å². The smallest absolute Gasteiger partial charge is 0.227 e. The third-order valence-electron chi connectivity index (χ3n) is 2.96. The van der Waals surface area contributed by atoms with Crippen molar-refractivity contribution in [1.29, 1.82) is 0 Å². The molecule has 0 saturated heterocycles. The summed E-state index contributed by atoms with van der Waals surface area (Å²) >= 11 is 0. The normalized spacial score (nSPS) is 10.2. The zero-order chi connectivity index (χ0) is 15.4. The fourth-order valence-electron chi connectivity index (χ4n) is 1.84. The fourth-order valence-corrected chi connectivity index (χ4v) is 1.84. The van der Waals surface area contributed by atoms with Crippen LogP contribution in [0.2, 0.25) is 0 Å². The Morgan fingerprint density at radius 2 is 1.55 bits per heavy atom. The Morgan fingerprint density at radius 3 is 2.18 bits per heavy atom. The molecule has 5 nitrogen and oxygen atoms in total. The third-order valence-corrected chi connectivity index (χ3v) is 2.96. The predicted octanol–water partition coefficient (Wildman–Crippen LogP) is 2.99. The zero-order valence-corrected chi connectivity index (χ0v) is 11.4. The number of ketones is 1. The van der Waals surface area contributed by atoms with Crippen LogP contribution >= 0.6 is 0 Å². The van der Waals surface area contributed by atoms with Crippen molar-refractivity contribution in [1.82, 2.24) is 15.0 Å². The van der Waals surface area contributed by atoms with Gasteiger partial charge in [0.15, 0.2) is 5.78 Å². The van der Waals surface area contributed by atoms with E-state index in [9.17, 15) is 9.18 Å².